The molecule has 3 aromatic rings. The van der Waals surface area contributed by atoms with E-state index in [1.165, 1.54) is 12.1 Å². The third-order valence-electron chi connectivity index (χ3n) is 3.95. The molecule has 6 heteroatoms. The van der Waals surface area contributed by atoms with Crippen LogP contribution in [0.25, 0.3) is 11.3 Å². The van der Waals surface area contributed by atoms with Gasteiger partial charge in [-0.1, -0.05) is 6.07 Å². The van der Waals surface area contributed by atoms with Crippen molar-refractivity contribution in [2.24, 2.45) is 0 Å². The molecule has 0 saturated carbocycles. The van der Waals surface area contributed by atoms with Crippen LogP contribution in [-0.4, -0.2) is 14.7 Å². The van der Waals surface area contributed by atoms with Gasteiger partial charge in [-0.25, -0.2) is 8.42 Å². The summed E-state index contributed by atoms with van der Waals surface area (Å²) in [6, 6.07) is 14.9. The number of carbonyl (C=O) groups excluding carboxylic acids is 1. The van der Waals surface area contributed by atoms with Gasteiger partial charge in [0.25, 0.3) is 10.0 Å². The third-order valence-corrected chi connectivity index (χ3v) is 5.35. The van der Waals surface area contributed by atoms with Crippen LogP contribution in [0.15, 0.2) is 63.9 Å². The lowest BCUT2D eigenvalue weighted by Crippen LogP contribution is -2.13. The van der Waals surface area contributed by atoms with Gasteiger partial charge in [0, 0.05) is 11.3 Å². The monoisotopic (exact) mass is 355 g/mol. The van der Waals surface area contributed by atoms with Gasteiger partial charge < -0.3 is 4.42 Å². The molecule has 0 radical (unpaired) electrons. The molecule has 0 fully saturated rings. The highest BCUT2D eigenvalue weighted by Crippen LogP contribution is 2.24. The zero-order valence-electron chi connectivity index (χ0n) is 13.8. The lowest BCUT2D eigenvalue weighted by atomic mass is 10.1. The number of furan rings is 1. The molecule has 0 atom stereocenters. The second-order valence-electron chi connectivity index (χ2n) is 5.75. The Kier molecular flexibility index (Phi) is 4.46. The van der Waals surface area contributed by atoms with E-state index in [1.807, 2.05) is 19.9 Å². The van der Waals surface area contributed by atoms with Crippen molar-refractivity contribution in [3.63, 3.8) is 0 Å². The molecule has 0 aliphatic heterocycles. The zero-order chi connectivity index (χ0) is 18.0. The second-order valence-corrected chi connectivity index (χ2v) is 7.43. The van der Waals surface area contributed by atoms with E-state index in [0.29, 0.717) is 23.3 Å². The van der Waals surface area contributed by atoms with Crippen molar-refractivity contribution in [2.75, 3.05) is 4.72 Å². The SMILES string of the molecule is Cc1ccc(NS(=O)(=O)c2ccc(-c3ccc(C=O)o3)cc2)cc1C. The molecule has 1 aromatic heterocycles. The Morgan fingerprint density at radius 2 is 1.64 bits per heavy atom. The molecule has 0 aliphatic rings. The summed E-state index contributed by atoms with van der Waals surface area (Å²) in [4.78, 5) is 10.8. The quantitative estimate of drug-likeness (QED) is 0.697. The van der Waals surface area contributed by atoms with Crippen molar-refractivity contribution in [3.8, 4) is 11.3 Å². The number of hydrogen-bond donors (Lipinski definition) is 1. The number of hydrogen-bond acceptors (Lipinski definition) is 4. The van der Waals surface area contributed by atoms with Gasteiger partial charge in [-0.05, 0) is 73.5 Å². The van der Waals surface area contributed by atoms with Crippen LogP contribution >= 0.6 is 0 Å². The van der Waals surface area contributed by atoms with Crippen molar-refractivity contribution in [1.29, 1.82) is 0 Å². The number of benzene rings is 2. The molecule has 25 heavy (non-hydrogen) atoms. The smallest absolute Gasteiger partial charge is 0.261 e. The number of carbonyl (C=O) groups is 1. The van der Waals surface area contributed by atoms with E-state index in [4.69, 9.17) is 4.42 Å². The molecule has 0 aliphatic carbocycles. The molecule has 5 nitrogen and oxygen atoms in total. The van der Waals surface area contributed by atoms with Crippen LogP contribution in [0.5, 0.6) is 0 Å². The van der Waals surface area contributed by atoms with E-state index >= 15 is 0 Å². The normalized spacial score (nSPS) is 11.3. The maximum Gasteiger partial charge on any atom is 0.261 e. The van der Waals surface area contributed by atoms with E-state index < -0.39 is 10.0 Å². The number of aryl methyl sites for hydroxylation is 2. The summed E-state index contributed by atoms with van der Waals surface area (Å²) < 4.78 is 32.9. The zero-order valence-corrected chi connectivity index (χ0v) is 14.6. The van der Waals surface area contributed by atoms with E-state index in [-0.39, 0.29) is 10.7 Å². The fraction of sp³-hybridized carbons (Fsp3) is 0.105. The first kappa shape index (κ1) is 17.0. The summed E-state index contributed by atoms with van der Waals surface area (Å²) in [5.41, 5.74) is 3.33. The van der Waals surface area contributed by atoms with Gasteiger partial charge in [0.05, 0.1) is 4.90 Å². The van der Waals surface area contributed by atoms with Crippen LogP contribution in [0.1, 0.15) is 21.7 Å². The minimum Gasteiger partial charge on any atom is -0.453 e. The summed E-state index contributed by atoms with van der Waals surface area (Å²) in [7, 11) is -3.68. The molecule has 0 bridgehead atoms. The maximum absolute atomic E-state index is 12.5. The summed E-state index contributed by atoms with van der Waals surface area (Å²) in [5, 5.41) is 0. The minimum atomic E-state index is -3.68. The number of rotatable bonds is 5. The molecule has 0 saturated heterocycles. The largest absolute Gasteiger partial charge is 0.453 e. The van der Waals surface area contributed by atoms with Crippen LogP contribution in [0.3, 0.4) is 0 Å². The van der Waals surface area contributed by atoms with Gasteiger partial charge in [-0.15, -0.1) is 0 Å². The Morgan fingerprint density at radius 3 is 2.24 bits per heavy atom. The summed E-state index contributed by atoms with van der Waals surface area (Å²) in [6.07, 6.45) is 0.621. The first-order chi connectivity index (χ1) is 11.9. The molecule has 2 aromatic carbocycles. The minimum absolute atomic E-state index is 0.150. The van der Waals surface area contributed by atoms with Gasteiger partial charge in [0.1, 0.15) is 5.76 Å². The van der Waals surface area contributed by atoms with Gasteiger partial charge in [-0.2, -0.15) is 0 Å². The molecule has 1 N–H and O–H groups in total. The van der Waals surface area contributed by atoms with Gasteiger partial charge in [-0.3, -0.25) is 9.52 Å². The Hall–Kier alpha value is -2.86. The standard InChI is InChI=1S/C19H17NO4S/c1-13-3-6-16(11-14(13)2)20-25(22,23)18-8-4-15(5-9-18)19-10-7-17(12-21)24-19/h3-12,20H,1-2H3. The maximum atomic E-state index is 12.5. The van der Waals surface area contributed by atoms with Gasteiger partial charge >= 0.3 is 0 Å². The van der Waals surface area contributed by atoms with Gasteiger partial charge in [0.2, 0.25) is 0 Å². The van der Waals surface area contributed by atoms with Crippen molar-refractivity contribution < 1.29 is 17.6 Å². The van der Waals surface area contributed by atoms with E-state index in [0.717, 1.165) is 11.1 Å². The molecule has 1 heterocycles. The highest BCUT2D eigenvalue weighted by molar-refractivity contribution is 7.92. The van der Waals surface area contributed by atoms with Crippen LogP contribution in [0, 0.1) is 13.8 Å². The van der Waals surface area contributed by atoms with Crippen LogP contribution in [0.2, 0.25) is 0 Å². The summed E-state index contributed by atoms with van der Waals surface area (Å²) in [6.45, 7) is 3.90. The molecule has 128 valence electrons. The molecule has 3 rings (SSSR count). The third kappa shape index (κ3) is 3.64. The number of anilines is 1. The van der Waals surface area contributed by atoms with E-state index in [1.54, 1.807) is 36.4 Å². The first-order valence-electron chi connectivity index (χ1n) is 7.64. The first-order valence-corrected chi connectivity index (χ1v) is 9.13. The number of aldehydes is 1. The topological polar surface area (TPSA) is 76.4 Å². The summed E-state index contributed by atoms with van der Waals surface area (Å²) in [5.74, 6) is 0.733. The van der Waals surface area contributed by atoms with Crippen LogP contribution in [0.4, 0.5) is 5.69 Å². The lowest BCUT2D eigenvalue weighted by molar-refractivity contribution is 0.110. The van der Waals surface area contributed by atoms with Crippen molar-refractivity contribution in [1.82, 2.24) is 0 Å². The van der Waals surface area contributed by atoms with Crippen molar-refractivity contribution >= 4 is 22.0 Å². The van der Waals surface area contributed by atoms with E-state index in [2.05, 4.69) is 4.72 Å². The number of nitrogens with one attached hydrogen (secondary N) is 1. The Labute approximate surface area is 146 Å². The highest BCUT2D eigenvalue weighted by Gasteiger charge is 2.15. The van der Waals surface area contributed by atoms with E-state index in [9.17, 15) is 13.2 Å². The Balaban J connectivity index is 1.84. The molecule has 0 unspecified atom stereocenters. The fourth-order valence-corrected chi connectivity index (χ4v) is 3.44. The predicted molar refractivity (Wildman–Crippen MR) is 96.3 cm³/mol. The Morgan fingerprint density at radius 1 is 0.920 bits per heavy atom. The van der Waals surface area contributed by atoms with Crippen molar-refractivity contribution in [3.05, 3.63) is 71.5 Å². The second kappa shape index (κ2) is 6.57. The molecular weight excluding hydrogens is 338 g/mol. The molecule has 0 spiro atoms. The average molecular weight is 355 g/mol. The van der Waals surface area contributed by atoms with Crippen LogP contribution < -0.4 is 4.72 Å². The highest BCUT2D eigenvalue weighted by atomic mass is 32.2. The molecular formula is C19H17NO4S. The Bertz CT molecular complexity index is 1020. The number of sulfonamides is 1. The van der Waals surface area contributed by atoms with Crippen molar-refractivity contribution in [2.45, 2.75) is 18.7 Å². The van der Waals surface area contributed by atoms with Gasteiger partial charge in [0.15, 0.2) is 12.0 Å². The molecule has 0 amide bonds. The average Bonchev–Trinajstić information content (AvgIpc) is 3.07. The predicted octanol–water partition coefficient (Wildman–Crippen LogP) is 4.18. The van der Waals surface area contributed by atoms with Crippen LogP contribution in [-0.2, 0) is 10.0 Å². The fourth-order valence-electron chi connectivity index (χ4n) is 2.39. The lowest BCUT2D eigenvalue weighted by Gasteiger charge is -2.10. The summed E-state index contributed by atoms with van der Waals surface area (Å²) >= 11 is 0.